The molecule has 1 unspecified atom stereocenters. The lowest BCUT2D eigenvalue weighted by Gasteiger charge is -2.58. The van der Waals surface area contributed by atoms with Crippen LogP contribution in [0.15, 0.2) is 11.8 Å². The van der Waals surface area contributed by atoms with Crippen LogP contribution < -0.4 is 0 Å². The Balaban J connectivity index is 1.68. The molecule has 0 heterocycles. The van der Waals surface area contributed by atoms with Crippen molar-refractivity contribution in [1.82, 2.24) is 0 Å². The van der Waals surface area contributed by atoms with Crippen LogP contribution in [0.2, 0.25) is 0 Å². The van der Waals surface area contributed by atoms with E-state index in [0.717, 1.165) is 12.8 Å². The number of aliphatic hydroxyl groups is 1. The van der Waals surface area contributed by atoms with Gasteiger partial charge in [0.05, 0.1) is 0 Å². The second-order valence-corrected chi connectivity index (χ2v) is 10.8. The van der Waals surface area contributed by atoms with E-state index in [2.05, 4.69) is 0 Å². The Kier molecular flexibility index (Phi) is 5.67. The molecule has 0 radical (unpaired) electrons. The van der Waals surface area contributed by atoms with Crippen LogP contribution >= 0.6 is 0 Å². The first-order chi connectivity index (χ1) is 15.3. The molecule has 3 fully saturated rings. The van der Waals surface area contributed by atoms with E-state index in [1.165, 1.54) is 13.8 Å². The summed E-state index contributed by atoms with van der Waals surface area (Å²) >= 11 is 0. The Morgan fingerprint density at radius 1 is 1.09 bits per heavy atom. The maximum atomic E-state index is 13.7. The van der Waals surface area contributed by atoms with Crippen LogP contribution in [0.4, 0.5) is 0 Å². The molecule has 1 N–H and O–H groups in total. The monoisotopic (exact) mass is 460 g/mol. The lowest BCUT2D eigenvalue weighted by molar-refractivity contribution is -0.176. The molecule has 33 heavy (non-hydrogen) atoms. The normalized spacial score (nSPS) is 41.9. The Hall–Kier alpha value is -2.35. The van der Waals surface area contributed by atoms with E-state index >= 15 is 0 Å². The Bertz CT molecular complexity index is 965. The molecule has 4 rings (SSSR count). The van der Waals surface area contributed by atoms with Gasteiger partial charge in [0.1, 0.15) is 11.4 Å². The fourth-order valence-electron chi connectivity index (χ4n) is 7.52. The van der Waals surface area contributed by atoms with Gasteiger partial charge in [-0.2, -0.15) is 0 Å². The second kappa shape index (κ2) is 7.86. The lowest BCUT2D eigenvalue weighted by atomic mass is 9.45. The molecule has 3 saturated carbocycles. The summed E-state index contributed by atoms with van der Waals surface area (Å²) in [4.78, 5) is 61.9. The fourth-order valence-corrected chi connectivity index (χ4v) is 7.52. The second-order valence-electron chi connectivity index (χ2n) is 10.8. The smallest absolute Gasteiger partial charge is 0.308 e. The quantitative estimate of drug-likeness (QED) is 0.634. The van der Waals surface area contributed by atoms with Gasteiger partial charge < -0.3 is 14.6 Å². The third-order valence-corrected chi connectivity index (χ3v) is 9.08. The molecular weight excluding hydrogens is 428 g/mol. The fraction of sp³-hybridized carbons (Fsp3) is 0.720. The van der Waals surface area contributed by atoms with E-state index in [4.69, 9.17) is 9.47 Å². The molecule has 0 saturated heterocycles. The zero-order chi connectivity index (χ0) is 24.3. The van der Waals surface area contributed by atoms with Crippen LogP contribution in [0, 0.1) is 34.5 Å². The summed E-state index contributed by atoms with van der Waals surface area (Å²) in [5.74, 6) is -2.49. The summed E-state index contributed by atoms with van der Waals surface area (Å²) in [6, 6.07) is 0. The zero-order valence-corrected chi connectivity index (χ0v) is 19.6. The summed E-state index contributed by atoms with van der Waals surface area (Å²) in [6.07, 6.45) is 4.25. The van der Waals surface area contributed by atoms with Gasteiger partial charge in [0.2, 0.25) is 5.78 Å². The number of esters is 2. The maximum absolute atomic E-state index is 13.7. The summed E-state index contributed by atoms with van der Waals surface area (Å²) in [5, 5.41) is 11.5. The van der Waals surface area contributed by atoms with Gasteiger partial charge in [-0.1, -0.05) is 13.8 Å². The van der Waals surface area contributed by atoms with Crippen molar-refractivity contribution in [3.63, 3.8) is 0 Å². The highest BCUT2D eigenvalue weighted by Gasteiger charge is 2.69. The lowest BCUT2D eigenvalue weighted by Crippen LogP contribution is -2.61. The maximum Gasteiger partial charge on any atom is 0.308 e. The van der Waals surface area contributed by atoms with Crippen molar-refractivity contribution in [2.75, 3.05) is 6.61 Å². The van der Waals surface area contributed by atoms with Gasteiger partial charge in [-0.15, -0.1) is 0 Å². The van der Waals surface area contributed by atoms with Crippen molar-refractivity contribution in [3.05, 3.63) is 11.8 Å². The third-order valence-electron chi connectivity index (χ3n) is 9.08. The molecule has 7 atom stereocenters. The molecule has 0 bridgehead atoms. The van der Waals surface area contributed by atoms with Gasteiger partial charge in [0, 0.05) is 43.4 Å². The number of fused-ring (bicyclic) bond motifs is 5. The number of Topliss-reactive ketones (excluding diaryl/α,β-unsaturated/α-hetero) is 3. The van der Waals surface area contributed by atoms with E-state index in [0.29, 0.717) is 6.42 Å². The number of rotatable bonds is 4. The first kappa shape index (κ1) is 23.8. The number of carbonyl (C=O) groups is 5. The molecule has 0 spiro atoms. The van der Waals surface area contributed by atoms with Crippen molar-refractivity contribution in [1.29, 1.82) is 0 Å². The molecule has 8 heteroatoms. The van der Waals surface area contributed by atoms with E-state index < -0.39 is 40.8 Å². The van der Waals surface area contributed by atoms with Gasteiger partial charge in [-0.3, -0.25) is 24.0 Å². The Labute approximate surface area is 193 Å². The van der Waals surface area contributed by atoms with Gasteiger partial charge in [-0.05, 0) is 49.5 Å². The van der Waals surface area contributed by atoms with Crippen molar-refractivity contribution < 1.29 is 38.6 Å². The largest absolute Gasteiger partial charge is 0.458 e. The first-order valence-electron chi connectivity index (χ1n) is 11.7. The van der Waals surface area contributed by atoms with Gasteiger partial charge in [0.15, 0.2) is 18.1 Å². The molecule has 4 aliphatic rings. The predicted octanol–water partition coefficient (Wildman–Crippen LogP) is 2.31. The van der Waals surface area contributed by atoms with Crippen LogP contribution in [0.5, 0.6) is 0 Å². The number of hydrogen-bond donors (Lipinski definition) is 1. The number of ketones is 3. The summed E-state index contributed by atoms with van der Waals surface area (Å²) in [7, 11) is 0. The van der Waals surface area contributed by atoms with E-state index in [1.54, 1.807) is 6.08 Å². The molecule has 0 aliphatic heterocycles. The molecule has 180 valence electrons. The summed E-state index contributed by atoms with van der Waals surface area (Å²) in [6.45, 7) is 5.72. The van der Waals surface area contributed by atoms with Crippen LogP contribution in [0.1, 0.15) is 66.2 Å². The first-order valence-corrected chi connectivity index (χ1v) is 11.7. The van der Waals surface area contributed by atoms with Gasteiger partial charge in [-0.25, -0.2) is 0 Å². The molecular formula is C25H32O8. The van der Waals surface area contributed by atoms with Crippen molar-refractivity contribution in [2.24, 2.45) is 34.5 Å². The predicted molar refractivity (Wildman–Crippen MR) is 114 cm³/mol. The molecule has 0 aromatic rings. The number of ether oxygens (including phenoxy) is 2. The highest BCUT2D eigenvalue weighted by molar-refractivity contribution is 5.98. The zero-order valence-electron chi connectivity index (χ0n) is 19.6. The standard InChI is InChI=1S/C25H32O8/c1-13(26)32-12-21(30)25(31)8-7-17-16-6-5-15-9-18(28)20(33-14(2)27)11-23(15,3)22(16)19(29)10-24(17,25)4/h11,15-17,22,31H,5-10,12H2,1-4H3/t15?,16-,17-,22+,23-,24-,25-/m0/s1. The highest BCUT2D eigenvalue weighted by atomic mass is 16.5. The van der Waals surface area contributed by atoms with E-state index in [-0.39, 0.29) is 60.3 Å². The van der Waals surface area contributed by atoms with Crippen LogP contribution in [0.25, 0.3) is 0 Å². The summed E-state index contributed by atoms with van der Waals surface area (Å²) in [5.41, 5.74) is -3.31. The van der Waals surface area contributed by atoms with Crippen LogP contribution in [-0.4, -0.2) is 46.6 Å². The minimum absolute atomic E-state index is 0.0162. The Morgan fingerprint density at radius 2 is 1.79 bits per heavy atom. The molecule has 0 aromatic heterocycles. The number of allylic oxidation sites excluding steroid dienone is 2. The van der Waals surface area contributed by atoms with Crippen LogP contribution in [-0.2, 0) is 33.4 Å². The van der Waals surface area contributed by atoms with Crippen molar-refractivity contribution in [3.8, 4) is 0 Å². The SMILES string of the molecule is CC(=O)OCC(=O)[C@@]1(O)CC[C@H]2[C@@H]3CCC4CC(=O)C(OC(C)=O)=C[C@]4(C)[C@H]3C(=O)C[C@@]21C. The van der Waals surface area contributed by atoms with Gasteiger partial charge in [0.25, 0.3) is 0 Å². The summed E-state index contributed by atoms with van der Waals surface area (Å²) < 4.78 is 10.1. The molecule has 8 nitrogen and oxygen atoms in total. The molecule has 0 amide bonds. The average molecular weight is 461 g/mol. The van der Waals surface area contributed by atoms with Crippen LogP contribution in [0.3, 0.4) is 0 Å². The number of hydrogen-bond acceptors (Lipinski definition) is 8. The third kappa shape index (κ3) is 3.49. The average Bonchev–Trinajstić information content (AvgIpc) is 2.98. The van der Waals surface area contributed by atoms with Crippen molar-refractivity contribution in [2.45, 2.75) is 71.8 Å². The van der Waals surface area contributed by atoms with Crippen molar-refractivity contribution >= 4 is 29.3 Å². The highest BCUT2D eigenvalue weighted by Crippen LogP contribution is 2.66. The Morgan fingerprint density at radius 3 is 2.42 bits per heavy atom. The van der Waals surface area contributed by atoms with E-state index in [9.17, 15) is 29.1 Å². The molecule has 4 aliphatic carbocycles. The minimum atomic E-state index is -1.73. The minimum Gasteiger partial charge on any atom is -0.458 e. The van der Waals surface area contributed by atoms with Gasteiger partial charge >= 0.3 is 11.9 Å². The molecule has 0 aromatic carbocycles. The van der Waals surface area contributed by atoms with E-state index in [1.807, 2.05) is 13.8 Å². The topological polar surface area (TPSA) is 124 Å². The number of carbonyl (C=O) groups excluding carboxylic acids is 5.